The summed E-state index contributed by atoms with van der Waals surface area (Å²) in [5.41, 5.74) is 1.85. The Hall–Kier alpha value is -1.21. The molecule has 6 heteroatoms. The molecule has 1 aromatic heterocycles. The highest BCUT2D eigenvalue weighted by atomic mass is 32.2. The molecule has 3 rings (SSSR count). The fraction of sp³-hybridized carbons (Fsp3) is 0.286. The van der Waals surface area contributed by atoms with Gasteiger partial charge in [-0.2, -0.15) is 0 Å². The van der Waals surface area contributed by atoms with Crippen LogP contribution in [0.15, 0.2) is 40.6 Å². The van der Waals surface area contributed by atoms with E-state index in [0.717, 1.165) is 16.0 Å². The van der Waals surface area contributed by atoms with Crippen molar-refractivity contribution in [3.63, 3.8) is 0 Å². The molecule has 0 unspecified atom stereocenters. The second kappa shape index (κ2) is 4.96. The third kappa shape index (κ3) is 2.40. The molecular formula is C14H15NO3S2. The first-order chi connectivity index (χ1) is 9.47. The molecule has 0 radical (unpaired) electrons. The second-order valence-corrected chi connectivity index (χ2v) is 8.16. The summed E-state index contributed by atoms with van der Waals surface area (Å²) in [6.45, 7) is 1.86. The minimum absolute atomic E-state index is 0.284. The van der Waals surface area contributed by atoms with E-state index in [-0.39, 0.29) is 4.21 Å². The van der Waals surface area contributed by atoms with Crippen LogP contribution in [0.4, 0.5) is 0 Å². The van der Waals surface area contributed by atoms with Crippen molar-refractivity contribution in [1.29, 1.82) is 0 Å². The van der Waals surface area contributed by atoms with Crippen molar-refractivity contribution in [2.45, 2.75) is 29.7 Å². The number of sulfonamides is 1. The molecule has 4 nitrogen and oxygen atoms in total. The van der Waals surface area contributed by atoms with Crippen molar-refractivity contribution >= 4 is 21.4 Å². The van der Waals surface area contributed by atoms with Gasteiger partial charge in [0.2, 0.25) is 0 Å². The molecule has 2 atom stereocenters. The van der Waals surface area contributed by atoms with Gasteiger partial charge >= 0.3 is 0 Å². The van der Waals surface area contributed by atoms with Crippen LogP contribution in [0.1, 0.15) is 22.0 Å². The zero-order valence-electron chi connectivity index (χ0n) is 10.9. The molecule has 2 aromatic rings. The van der Waals surface area contributed by atoms with Crippen LogP contribution in [-0.4, -0.2) is 19.6 Å². The van der Waals surface area contributed by atoms with Gasteiger partial charge < -0.3 is 5.11 Å². The van der Waals surface area contributed by atoms with Crippen LogP contribution in [0.3, 0.4) is 0 Å². The number of aliphatic hydroxyl groups is 1. The molecule has 1 aromatic carbocycles. The molecule has 1 heterocycles. The fourth-order valence-corrected chi connectivity index (χ4v) is 5.05. The molecule has 2 N–H and O–H groups in total. The van der Waals surface area contributed by atoms with Gasteiger partial charge in [0.05, 0.1) is 12.1 Å². The number of hydrogen-bond donors (Lipinski definition) is 2. The van der Waals surface area contributed by atoms with Gasteiger partial charge in [0.25, 0.3) is 10.0 Å². The zero-order chi connectivity index (χ0) is 14.3. The molecule has 0 aliphatic heterocycles. The number of hydrogen-bond acceptors (Lipinski definition) is 4. The maximum Gasteiger partial charge on any atom is 0.250 e. The average molecular weight is 309 g/mol. The van der Waals surface area contributed by atoms with Gasteiger partial charge in [-0.05, 0) is 30.2 Å². The summed E-state index contributed by atoms with van der Waals surface area (Å²) in [5.74, 6) is 0. The smallest absolute Gasteiger partial charge is 0.250 e. The summed E-state index contributed by atoms with van der Waals surface area (Å²) >= 11 is 1.23. The van der Waals surface area contributed by atoms with E-state index >= 15 is 0 Å². The average Bonchev–Trinajstić information content (AvgIpc) is 2.95. The van der Waals surface area contributed by atoms with Gasteiger partial charge in [0.15, 0.2) is 0 Å². The van der Waals surface area contributed by atoms with Crippen molar-refractivity contribution < 1.29 is 13.5 Å². The number of benzene rings is 1. The van der Waals surface area contributed by atoms with E-state index in [1.165, 1.54) is 11.3 Å². The van der Waals surface area contributed by atoms with Crippen molar-refractivity contribution in [1.82, 2.24) is 4.72 Å². The first kappa shape index (κ1) is 13.8. The Morgan fingerprint density at radius 1 is 1.25 bits per heavy atom. The van der Waals surface area contributed by atoms with E-state index in [1.807, 2.05) is 31.2 Å². The minimum Gasteiger partial charge on any atom is -0.391 e. The highest BCUT2D eigenvalue weighted by Gasteiger charge is 2.34. The summed E-state index contributed by atoms with van der Waals surface area (Å²) in [6.07, 6.45) is -0.240. The number of nitrogens with one attached hydrogen (secondary N) is 1. The molecular weight excluding hydrogens is 294 g/mol. The molecule has 20 heavy (non-hydrogen) atoms. The van der Waals surface area contributed by atoms with Gasteiger partial charge in [0, 0.05) is 11.3 Å². The third-order valence-electron chi connectivity index (χ3n) is 3.47. The Kier molecular flexibility index (Phi) is 3.41. The Balaban J connectivity index is 1.92. The summed E-state index contributed by atoms with van der Waals surface area (Å²) < 4.78 is 27.6. The predicted molar refractivity (Wildman–Crippen MR) is 78.3 cm³/mol. The van der Waals surface area contributed by atoms with Crippen LogP contribution < -0.4 is 4.72 Å². The Bertz CT molecular complexity index is 736. The summed E-state index contributed by atoms with van der Waals surface area (Å²) in [6, 6.07) is 10.3. The lowest BCUT2D eigenvalue weighted by Gasteiger charge is -2.17. The van der Waals surface area contributed by atoms with Crippen LogP contribution in [0.2, 0.25) is 0 Å². The number of aryl methyl sites for hydroxylation is 1. The Morgan fingerprint density at radius 2 is 2.00 bits per heavy atom. The highest BCUT2D eigenvalue weighted by Crippen LogP contribution is 2.33. The van der Waals surface area contributed by atoms with Crippen LogP contribution in [0.5, 0.6) is 0 Å². The first-order valence-electron chi connectivity index (χ1n) is 6.32. The van der Waals surface area contributed by atoms with Gasteiger partial charge in [0.1, 0.15) is 4.21 Å². The summed E-state index contributed by atoms with van der Waals surface area (Å²) in [7, 11) is -3.59. The lowest BCUT2D eigenvalue weighted by Crippen LogP contribution is -2.33. The maximum atomic E-state index is 12.3. The number of rotatable bonds is 3. The van der Waals surface area contributed by atoms with Gasteiger partial charge in [-0.25, -0.2) is 13.1 Å². The van der Waals surface area contributed by atoms with Crippen LogP contribution >= 0.6 is 11.3 Å². The van der Waals surface area contributed by atoms with E-state index in [9.17, 15) is 13.5 Å². The van der Waals surface area contributed by atoms with Crippen molar-refractivity contribution in [2.24, 2.45) is 0 Å². The summed E-state index contributed by atoms with van der Waals surface area (Å²) in [4.78, 5) is 0.942. The quantitative estimate of drug-likeness (QED) is 0.911. The third-order valence-corrected chi connectivity index (χ3v) is 6.40. The maximum absolute atomic E-state index is 12.3. The summed E-state index contributed by atoms with van der Waals surface area (Å²) in [5, 5.41) is 10.1. The SMILES string of the molecule is Cc1ccc(S(=O)(=O)N[C@H]2c3ccccc3C[C@H]2O)s1. The van der Waals surface area contributed by atoms with Crippen molar-refractivity contribution in [3.8, 4) is 0 Å². The largest absolute Gasteiger partial charge is 0.391 e. The van der Waals surface area contributed by atoms with Gasteiger partial charge in [-0.3, -0.25) is 0 Å². The molecule has 1 aliphatic rings. The van der Waals surface area contributed by atoms with Crippen LogP contribution in [0, 0.1) is 6.92 Å². The van der Waals surface area contributed by atoms with Gasteiger partial charge in [-0.15, -0.1) is 11.3 Å². The standard InChI is InChI=1S/C14H15NO3S2/c1-9-6-7-13(19-9)20(17,18)15-14-11-5-3-2-4-10(11)8-12(14)16/h2-7,12,14-16H,8H2,1H3/t12-,14+/m1/s1. The fourth-order valence-electron chi connectivity index (χ4n) is 2.50. The van der Waals surface area contributed by atoms with E-state index in [4.69, 9.17) is 0 Å². The van der Waals surface area contributed by atoms with Crippen molar-refractivity contribution in [2.75, 3.05) is 0 Å². The first-order valence-corrected chi connectivity index (χ1v) is 8.62. The molecule has 1 aliphatic carbocycles. The minimum atomic E-state index is -3.59. The monoisotopic (exact) mass is 309 g/mol. The lowest BCUT2D eigenvalue weighted by atomic mass is 10.1. The molecule has 0 fully saturated rings. The Labute approximate surface area is 122 Å². The molecule has 106 valence electrons. The number of fused-ring (bicyclic) bond motifs is 1. The Morgan fingerprint density at radius 3 is 2.70 bits per heavy atom. The molecule has 0 saturated heterocycles. The molecule has 0 bridgehead atoms. The van der Waals surface area contributed by atoms with Crippen molar-refractivity contribution in [3.05, 3.63) is 52.4 Å². The van der Waals surface area contributed by atoms with E-state index in [1.54, 1.807) is 12.1 Å². The molecule has 0 spiro atoms. The van der Waals surface area contributed by atoms with Gasteiger partial charge in [-0.1, -0.05) is 24.3 Å². The predicted octanol–water partition coefficient (Wildman–Crippen LogP) is 1.99. The zero-order valence-corrected chi connectivity index (χ0v) is 12.5. The van der Waals surface area contributed by atoms with E-state index in [2.05, 4.69) is 4.72 Å². The van der Waals surface area contributed by atoms with E-state index < -0.39 is 22.2 Å². The number of aliphatic hydroxyl groups excluding tert-OH is 1. The topological polar surface area (TPSA) is 66.4 Å². The lowest BCUT2D eigenvalue weighted by molar-refractivity contribution is 0.151. The molecule has 0 amide bonds. The van der Waals surface area contributed by atoms with Crippen LogP contribution in [0.25, 0.3) is 0 Å². The normalized spacial score (nSPS) is 21.9. The second-order valence-electron chi connectivity index (χ2n) is 4.93. The number of thiophene rings is 1. The highest BCUT2D eigenvalue weighted by molar-refractivity contribution is 7.91. The van der Waals surface area contributed by atoms with E-state index in [0.29, 0.717) is 6.42 Å². The van der Waals surface area contributed by atoms with Crippen LogP contribution in [-0.2, 0) is 16.4 Å². The molecule has 0 saturated carbocycles.